The summed E-state index contributed by atoms with van der Waals surface area (Å²) in [4.78, 5) is 11.6. The predicted octanol–water partition coefficient (Wildman–Crippen LogP) is 2.20. The van der Waals surface area contributed by atoms with Crippen LogP contribution in [0.1, 0.15) is 36.2 Å². The Balaban J connectivity index is 1.80. The van der Waals surface area contributed by atoms with Crippen LogP contribution in [0.15, 0.2) is 16.9 Å². The van der Waals surface area contributed by atoms with Crippen molar-refractivity contribution in [1.29, 1.82) is 0 Å². The standard InChI is InChI=1S/C11H15ClN2O2/c12-9-4-2-1-3-8(9)7-13-11(15)10-5-6-16-14-10/h5-6,8-9H,1-4,7H2,(H,13,15). The van der Waals surface area contributed by atoms with Gasteiger partial charge in [0.05, 0.1) is 0 Å². The molecule has 2 rings (SSSR count). The van der Waals surface area contributed by atoms with Crippen LogP contribution in [0.4, 0.5) is 0 Å². The van der Waals surface area contributed by atoms with Crippen LogP contribution in [0.5, 0.6) is 0 Å². The average Bonchev–Trinajstić information content (AvgIpc) is 2.81. The van der Waals surface area contributed by atoms with E-state index in [9.17, 15) is 4.79 Å². The van der Waals surface area contributed by atoms with Crippen molar-refractivity contribution in [2.75, 3.05) is 6.54 Å². The van der Waals surface area contributed by atoms with Gasteiger partial charge in [0.15, 0.2) is 5.69 Å². The number of nitrogens with zero attached hydrogens (tertiary/aromatic N) is 1. The molecule has 1 aliphatic rings. The van der Waals surface area contributed by atoms with E-state index < -0.39 is 0 Å². The van der Waals surface area contributed by atoms with Gasteiger partial charge in [-0.1, -0.05) is 18.0 Å². The molecule has 1 N–H and O–H groups in total. The second-order valence-corrected chi connectivity index (χ2v) is 4.72. The fraction of sp³-hybridized carbons (Fsp3) is 0.636. The number of hydrogen-bond acceptors (Lipinski definition) is 3. The van der Waals surface area contributed by atoms with Crippen molar-refractivity contribution >= 4 is 17.5 Å². The summed E-state index contributed by atoms with van der Waals surface area (Å²) in [5.41, 5.74) is 0.321. The van der Waals surface area contributed by atoms with Gasteiger partial charge in [0.1, 0.15) is 6.26 Å². The summed E-state index contributed by atoms with van der Waals surface area (Å²) in [7, 11) is 0. The zero-order chi connectivity index (χ0) is 11.4. The first kappa shape index (κ1) is 11.5. The normalized spacial score (nSPS) is 25.3. The summed E-state index contributed by atoms with van der Waals surface area (Å²) >= 11 is 6.21. The predicted molar refractivity (Wildman–Crippen MR) is 60.4 cm³/mol. The summed E-state index contributed by atoms with van der Waals surface area (Å²) in [6.45, 7) is 0.625. The number of carbonyl (C=O) groups is 1. The molecule has 5 heteroatoms. The molecule has 0 radical (unpaired) electrons. The Morgan fingerprint density at radius 1 is 1.56 bits per heavy atom. The highest BCUT2D eigenvalue weighted by Gasteiger charge is 2.23. The molecule has 0 spiro atoms. The minimum atomic E-state index is -0.191. The van der Waals surface area contributed by atoms with Crippen LogP contribution in [0, 0.1) is 5.92 Å². The molecule has 1 aromatic rings. The van der Waals surface area contributed by atoms with Crippen molar-refractivity contribution in [3.05, 3.63) is 18.0 Å². The number of rotatable bonds is 3. The number of nitrogens with one attached hydrogen (secondary N) is 1. The van der Waals surface area contributed by atoms with Gasteiger partial charge in [0.2, 0.25) is 0 Å². The maximum absolute atomic E-state index is 11.6. The van der Waals surface area contributed by atoms with E-state index in [0.717, 1.165) is 12.8 Å². The van der Waals surface area contributed by atoms with Crippen molar-refractivity contribution in [3.8, 4) is 0 Å². The first-order chi connectivity index (χ1) is 7.77. The van der Waals surface area contributed by atoms with Crippen LogP contribution in [0.2, 0.25) is 0 Å². The molecular weight excluding hydrogens is 228 g/mol. The van der Waals surface area contributed by atoms with Gasteiger partial charge in [0, 0.05) is 18.0 Å². The van der Waals surface area contributed by atoms with E-state index in [-0.39, 0.29) is 11.3 Å². The van der Waals surface area contributed by atoms with Crippen molar-refractivity contribution in [3.63, 3.8) is 0 Å². The Labute approximate surface area is 99.3 Å². The van der Waals surface area contributed by atoms with Crippen LogP contribution in [-0.2, 0) is 0 Å². The molecule has 1 fully saturated rings. The maximum atomic E-state index is 11.6. The fourth-order valence-electron chi connectivity index (χ4n) is 2.04. The van der Waals surface area contributed by atoms with E-state index in [0.29, 0.717) is 18.2 Å². The molecule has 2 unspecified atom stereocenters. The highest BCUT2D eigenvalue weighted by molar-refractivity contribution is 6.20. The van der Waals surface area contributed by atoms with Gasteiger partial charge in [0.25, 0.3) is 5.91 Å². The summed E-state index contributed by atoms with van der Waals surface area (Å²) in [5.74, 6) is 0.189. The third-order valence-electron chi connectivity index (χ3n) is 3.01. The SMILES string of the molecule is O=C(NCC1CCCCC1Cl)c1ccon1. The second kappa shape index (κ2) is 5.34. The molecule has 1 amide bonds. The second-order valence-electron chi connectivity index (χ2n) is 4.16. The lowest BCUT2D eigenvalue weighted by atomic mass is 9.89. The number of carbonyl (C=O) groups excluding carboxylic acids is 1. The first-order valence-electron chi connectivity index (χ1n) is 5.60. The van der Waals surface area contributed by atoms with Crippen LogP contribution in [0.3, 0.4) is 0 Å². The Morgan fingerprint density at radius 2 is 2.38 bits per heavy atom. The van der Waals surface area contributed by atoms with Gasteiger partial charge in [-0.2, -0.15) is 0 Å². The van der Waals surface area contributed by atoms with Gasteiger partial charge in [-0.3, -0.25) is 4.79 Å². The average molecular weight is 243 g/mol. The Morgan fingerprint density at radius 3 is 3.06 bits per heavy atom. The molecule has 0 aliphatic heterocycles. The monoisotopic (exact) mass is 242 g/mol. The molecule has 2 atom stereocenters. The number of amides is 1. The molecule has 1 saturated carbocycles. The molecule has 1 aromatic heterocycles. The van der Waals surface area contributed by atoms with Gasteiger partial charge in [-0.15, -0.1) is 11.6 Å². The van der Waals surface area contributed by atoms with Gasteiger partial charge in [-0.05, 0) is 18.8 Å². The van der Waals surface area contributed by atoms with Crippen molar-refractivity contribution < 1.29 is 9.32 Å². The lowest BCUT2D eigenvalue weighted by Gasteiger charge is -2.26. The number of halogens is 1. The highest BCUT2D eigenvalue weighted by atomic mass is 35.5. The molecule has 16 heavy (non-hydrogen) atoms. The van der Waals surface area contributed by atoms with Crippen LogP contribution < -0.4 is 5.32 Å². The lowest BCUT2D eigenvalue weighted by Crippen LogP contribution is -2.34. The third kappa shape index (κ3) is 2.76. The molecule has 1 aliphatic carbocycles. The number of hydrogen-bond donors (Lipinski definition) is 1. The topological polar surface area (TPSA) is 55.1 Å². The van der Waals surface area contributed by atoms with Crippen molar-refractivity contribution in [2.45, 2.75) is 31.1 Å². The molecule has 88 valence electrons. The zero-order valence-electron chi connectivity index (χ0n) is 8.99. The largest absolute Gasteiger partial charge is 0.364 e. The molecule has 4 nitrogen and oxygen atoms in total. The summed E-state index contributed by atoms with van der Waals surface area (Å²) in [6, 6.07) is 1.55. The van der Waals surface area contributed by atoms with E-state index in [1.807, 2.05) is 0 Å². The van der Waals surface area contributed by atoms with E-state index >= 15 is 0 Å². The van der Waals surface area contributed by atoms with E-state index in [2.05, 4.69) is 15.0 Å². The molecule has 1 heterocycles. The Kier molecular flexibility index (Phi) is 3.83. The Bertz CT molecular complexity index is 340. The smallest absolute Gasteiger partial charge is 0.273 e. The molecule has 0 bridgehead atoms. The van der Waals surface area contributed by atoms with Crippen molar-refractivity contribution in [1.82, 2.24) is 10.5 Å². The third-order valence-corrected chi connectivity index (χ3v) is 3.59. The summed E-state index contributed by atoms with van der Waals surface area (Å²) < 4.78 is 4.61. The number of aromatic nitrogens is 1. The Hall–Kier alpha value is -1.03. The maximum Gasteiger partial charge on any atom is 0.273 e. The quantitative estimate of drug-likeness (QED) is 0.827. The summed E-state index contributed by atoms with van der Waals surface area (Å²) in [5, 5.41) is 6.60. The van der Waals surface area contributed by atoms with Gasteiger partial charge < -0.3 is 9.84 Å². The molecule has 0 saturated heterocycles. The van der Waals surface area contributed by atoms with Crippen LogP contribution >= 0.6 is 11.6 Å². The fourth-order valence-corrected chi connectivity index (χ4v) is 2.41. The van der Waals surface area contributed by atoms with E-state index in [4.69, 9.17) is 11.6 Å². The minimum Gasteiger partial charge on any atom is -0.364 e. The zero-order valence-corrected chi connectivity index (χ0v) is 9.74. The number of alkyl halides is 1. The minimum absolute atomic E-state index is 0.186. The lowest BCUT2D eigenvalue weighted by molar-refractivity contribution is 0.0935. The van der Waals surface area contributed by atoms with Crippen LogP contribution in [-0.4, -0.2) is 23.0 Å². The molecular formula is C11H15ClN2O2. The van der Waals surface area contributed by atoms with E-state index in [1.165, 1.54) is 19.1 Å². The van der Waals surface area contributed by atoms with Crippen molar-refractivity contribution in [2.24, 2.45) is 5.92 Å². The van der Waals surface area contributed by atoms with Gasteiger partial charge >= 0.3 is 0 Å². The van der Waals surface area contributed by atoms with Crippen LogP contribution in [0.25, 0.3) is 0 Å². The first-order valence-corrected chi connectivity index (χ1v) is 6.03. The van der Waals surface area contributed by atoms with E-state index in [1.54, 1.807) is 6.07 Å². The highest BCUT2D eigenvalue weighted by Crippen LogP contribution is 2.27. The molecule has 0 aromatic carbocycles. The van der Waals surface area contributed by atoms with Gasteiger partial charge in [-0.25, -0.2) is 0 Å². The summed E-state index contributed by atoms with van der Waals surface area (Å²) in [6.07, 6.45) is 5.93.